The van der Waals surface area contributed by atoms with E-state index in [9.17, 15) is 8.42 Å². The van der Waals surface area contributed by atoms with E-state index in [1.807, 2.05) is 0 Å². The number of nitrogens with two attached hydrogens (primary N) is 1. The van der Waals surface area contributed by atoms with Gasteiger partial charge < -0.3 is 10.7 Å². The van der Waals surface area contributed by atoms with Crippen molar-refractivity contribution in [3.8, 4) is 0 Å². The molecule has 7 heteroatoms. The van der Waals surface area contributed by atoms with Crippen molar-refractivity contribution in [1.82, 2.24) is 14.3 Å². The van der Waals surface area contributed by atoms with Crippen LogP contribution in [0.1, 0.15) is 6.92 Å². The molecule has 6 nitrogen and oxygen atoms in total. The van der Waals surface area contributed by atoms with Gasteiger partial charge in [-0.25, -0.2) is 13.4 Å². The second kappa shape index (κ2) is 4.54. The minimum atomic E-state index is -3.43. The van der Waals surface area contributed by atoms with Gasteiger partial charge in [0.15, 0.2) is 5.03 Å². The van der Waals surface area contributed by atoms with E-state index in [-0.39, 0.29) is 5.03 Å². The van der Waals surface area contributed by atoms with E-state index in [0.29, 0.717) is 19.6 Å². The Kier molecular flexibility index (Phi) is 3.62. The van der Waals surface area contributed by atoms with Gasteiger partial charge in [0.2, 0.25) is 0 Å². The first kappa shape index (κ1) is 11.2. The molecule has 80 valence electrons. The zero-order chi connectivity index (χ0) is 10.6. The maximum Gasteiger partial charge on any atom is 0.260 e. The van der Waals surface area contributed by atoms with Gasteiger partial charge in [-0.2, -0.15) is 4.31 Å². The Morgan fingerprint density at radius 3 is 2.79 bits per heavy atom. The van der Waals surface area contributed by atoms with E-state index in [1.165, 1.54) is 16.8 Å². The first-order valence-electron chi connectivity index (χ1n) is 4.31. The van der Waals surface area contributed by atoms with Gasteiger partial charge in [0.1, 0.15) is 0 Å². The summed E-state index contributed by atoms with van der Waals surface area (Å²) in [6, 6.07) is 0. The van der Waals surface area contributed by atoms with Crippen LogP contribution in [-0.4, -0.2) is 42.3 Å². The molecule has 1 rings (SSSR count). The molecule has 0 fully saturated rings. The van der Waals surface area contributed by atoms with Crippen LogP contribution in [0.25, 0.3) is 0 Å². The highest BCUT2D eigenvalue weighted by molar-refractivity contribution is 7.89. The second-order valence-corrected chi connectivity index (χ2v) is 4.61. The Morgan fingerprint density at radius 1 is 1.64 bits per heavy atom. The Labute approximate surface area is 83.2 Å². The quantitative estimate of drug-likeness (QED) is 0.689. The molecule has 0 radical (unpaired) electrons. The standard InChI is InChI=1S/C7H14N4O2S/c1-2-11(4-3-8)14(12,13)7-5-9-6-10-7/h5-6H,2-4,8H2,1H3,(H,9,10). The summed E-state index contributed by atoms with van der Waals surface area (Å²) < 4.78 is 24.9. The van der Waals surface area contributed by atoms with Crippen molar-refractivity contribution in [1.29, 1.82) is 0 Å². The van der Waals surface area contributed by atoms with Crippen molar-refractivity contribution < 1.29 is 8.42 Å². The average molecular weight is 218 g/mol. The molecule has 14 heavy (non-hydrogen) atoms. The van der Waals surface area contributed by atoms with Crippen molar-refractivity contribution >= 4 is 10.0 Å². The van der Waals surface area contributed by atoms with Crippen molar-refractivity contribution in [3.05, 3.63) is 12.5 Å². The number of aromatic nitrogens is 2. The molecule has 0 aliphatic heterocycles. The van der Waals surface area contributed by atoms with E-state index in [0.717, 1.165) is 0 Å². The average Bonchev–Trinajstić information content (AvgIpc) is 2.66. The molecule has 1 aromatic heterocycles. The van der Waals surface area contributed by atoms with Crippen LogP contribution in [-0.2, 0) is 10.0 Å². The molecule has 0 aliphatic carbocycles. The summed E-state index contributed by atoms with van der Waals surface area (Å²) in [6.45, 7) is 2.79. The topological polar surface area (TPSA) is 92.1 Å². The molecule has 0 atom stereocenters. The Balaban J connectivity index is 2.94. The van der Waals surface area contributed by atoms with Crippen LogP contribution in [0.15, 0.2) is 17.6 Å². The maximum absolute atomic E-state index is 11.8. The summed E-state index contributed by atoms with van der Waals surface area (Å²) in [4.78, 5) is 6.24. The third-order valence-electron chi connectivity index (χ3n) is 1.82. The fourth-order valence-electron chi connectivity index (χ4n) is 1.12. The van der Waals surface area contributed by atoms with Crippen LogP contribution in [0.5, 0.6) is 0 Å². The molecule has 0 spiro atoms. The van der Waals surface area contributed by atoms with Gasteiger partial charge in [-0.1, -0.05) is 6.92 Å². The molecule has 0 saturated heterocycles. The zero-order valence-electron chi connectivity index (χ0n) is 7.97. The minimum absolute atomic E-state index is 0.104. The molecular weight excluding hydrogens is 204 g/mol. The fourth-order valence-corrected chi connectivity index (χ4v) is 2.48. The summed E-state index contributed by atoms with van der Waals surface area (Å²) in [5.74, 6) is 0. The van der Waals surface area contributed by atoms with Crippen molar-refractivity contribution in [2.75, 3.05) is 19.6 Å². The van der Waals surface area contributed by atoms with E-state index >= 15 is 0 Å². The van der Waals surface area contributed by atoms with E-state index in [1.54, 1.807) is 6.92 Å². The zero-order valence-corrected chi connectivity index (χ0v) is 8.79. The maximum atomic E-state index is 11.8. The smallest absolute Gasteiger partial charge is 0.260 e. The second-order valence-electron chi connectivity index (χ2n) is 2.70. The van der Waals surface area contributed by atoms with Gasteiger partial charge in [-0.05, 0) is 0 Å². The SMILES string of the molecule is CCN(CCN)S(=O)(=O)c1cnc[nH]1. The minimum Gasteiger partial charge on any atom is -0.335 e. The van der Waals surface area contributed by atoms with Gasteiger partial charge in [0.05, 0.1) is 12.5 Å². The molecule has 1 aromatic rings. The van der Waals surface area contributed by atoms with Crippen molar-refractivity contribution in [3.63, 3.8) is 0 Å². The molecule has 0 amide bonds. The van der Waals surface area contributed by atoms with E-state index in [4.69, 9.17) is 5.73 Å². The van der Waals surface area contributed by atoms with Crippen LogP contribution in [0.4, 0.5) is 0 Å². The molecule has 3 N–H and O–H groups in total. The monoisotopic (exact) mass is 218 g/mol. The Hall–Kier alpha value is -0.920. The molecule has 0 aliphatic rings. The summed E-state index contributed by atoms with van der Waals surface area (Å²) in [7, 11) is -3.43. The number of aromatic amines is 1. The number of nitrogens with one attached hydrogen (secondary N) is 1. The lowest BCUT2D eigenvalue weighted by Gasteiger charge is -2.17. The highest BCUT2D eigenvalue weighted by Crippen LogP contribution is 2.10. The summed E-state index contributed by atoms with van der Waals surface area (Å²) in [5.41, 5.74) is 5.32. The third kappa shape index (κ3) is 2.11. The lowest BCUT2D eigenvalue weighted by molar-refractivity contribution is 0.433. The number of hydrogen-bond donors (Lipinski definition) is 2. The molecule has 0 saturated carbocycles. The van der Waals surface area contributed by atoms with E-state index in [2.05, 4.69) is 9.97 Å². The Bertz CT molecular complexity index is 359. The first-order valence-corrected chi connectivity index (χ1v) is 5.75. The van der Waals surface area contributed by atoms with Crippen LogP contribution >= 0.6 is 0 Å². The highest BCUT2D eigenvalue weighted by atomic mass is 32.2. The number of hydrogen-bond acceptors (Lipinski definition) is 4. The normalized spacial score (nSPS) is 12.2. The number of imidazole rings is 1. The Morgan fingerprint density at radius 2 is 2.36 bits per heavy atom. The van der Waals surface area contributed by atoms with Gasteiger partial charge in [-0.3, -0.25) is 0 Å². The third-order valence-corrected chi connectivity index (χ3v) is 3.72. The molecule has 0 aromatic carbocycles. The van der Waals surface area contributed by atoms with Gasteiger partial charge in [0.25, 0.3) is 10.0 Å². The molecule has 0 bridgehead atoms. The fraction of sp³-hybridized carbons (Fsp3) is 0.571. The van der Waals surface area contributed by atoms with Crippen LogP contribution in [0, 0.1) is 0 Å². The van der Waals surface area contributed by atoms with Gasteiger partial charge in [-0.15, -0.1) is 0 Å². The summed E-state index contributed by atoms with van der Waals surface area (Å²) in [5, 5.41) is 0.104. The number of rotatable bonds is 5. The molecular formula is C7H14N4O2S. The van der Waals surface area contributed by atoms with E-state index < -0.39 is 10.0 Å². The number of H-pyrrole nitrogens is 1. The van der Waals surface area contributed by atoms with Gasteiger partial charge in [0, 0.05) is 19.6 Å². The van der Waals surface area contributed by atoms with Crippen molar-refractivity contribution in [2.45, 2.75) is 11.9 Å². The highest BCUT2D eigenvalue weighted by Gasteiger charge is 2.23. The van der Waals surface area contributed by atoms with Crippen molar-refractivity contribution in [2.24, 2.45) is 5.73 Å². The summed E-state index contributed by atoms with van der Waals surface area (Å²) in [6.07, 6.45) is 2.62. The first-order chi connectivity index (χ1) is 6.62. The van der Waals surface area contributed by atoms with Crippen LogP contribution in [0.2, 0.25) is 0 Å². The lowest BCUT2D eigenvalue weighted by atomic mass is 10.6. The van der Waals surface area contributed by atoms with Crippen LogP contribution in [0.3, 0.4) is 0 Å². The number of likely N-dealkylation sites (N-methyl/N-ethyl adjacent to an activating group) is 1. The summed E-state index contributed by atoms with van der Waals surface area (Å²) >= 11 is 0. The predicted octanol–water partition coefficient (Wildman–Crippen LogP) is -0.621. The largest absolute Gasteiger partial charge is 0.335 e. The number of nitrogens with zero attached hydrogens (tertiary/aromatic N) is 2. The molecule has 0 unspecified atom stereocenters. The van der Waals surface area contributed by atoms with Crippen LogP contribution < -0.4 is 5.73 Å². The predicted molar refractivity (Wildman–Crippen MR) is 52.1 cm³/mol. The molecule has 1 heterocycles. The van der Waals surface area contributed by atoms with Gasteiger partial charge >= 0.3 is 0 Å². The number of sulfonamides is 1. The lowest BCUT2D eigenvalue weighted by Crippen LogP contribution is -2.35.